The van der Waals surface area contributed by atoms with Gasteiger partial charge in [-0.05, 0) is 16.9 Å². The highest BCUT2D eigenvalue weighted by Crippen LogP contribution is 2.01. The lowest BCUT2D eigenvalue weighted by Crippen LogP contribution is -2.09. The molecule has 1 aromatic carbocycles. The molecule has 17 heavy (non-hydrogen) atoms. The molecule has 0 atom stereocenters. The summed E-state index contributed by atoms with van der Waals surface area (Å²) >= 11 is 0. The Morgan fingerprint density at radius 1 is 1.35 bits per heavy atom. The highest BCUT2D eigenvalue weighted by atomic mass is 16.1. The SMILES string of the molecule is Cn1nnc(NC(=O)C=Cc2ccccc2)n1. The summed E-state index contributed by atoms with van der Waals surface area (Å²) in [7, 11) is 1.63. The number of aromatic nitrogens is 4. The molecule has 0 fully saturated rings. The number of hydrogen-bond donors (Lipinski definition) is 1. The first-order valence-electron chi connectivity index (χ1n) is 5.02. The highest BCUT2D eigenvalue weighted by molar-refractivity contribution is 6.00. The topological polar surface area (TPSA) is 72.7 Å². The molecule has 0 saturated heterocycles. The zero-order valence-corrected chi connectivity index (χ0v) is 9.24. The molecule has 6 nitrogen and oxygen atoms in total. The van der Waals surface area contributed by atoms with E-state index < -0.39 is 0 Å². The van der Waals surface area contributed by atoms with Crippen molar-refractivity contribution in [1.29, 1.82) is 0 Å². The summed E-state index contributed by atoms with van der Waals surface area (Å²) in [5.41, 5.74) is 0.953. The number of carbonyl (C=O) groups excluding carboxylic acids is 1. The maximum absolute atomic E-state index is 11.5. The van der Waals surface area contributed by atoms with Crippen molar-refractivity contribution < 1.29 is 4.79 Å². The van der Waals surface area contributed by atoms with Gasteiger partial charge in [-0.25, -0.2) is 0 Å². The third-order valence-electron chi connectivity index (χ3n) is 1.97. The maximum Gasteiger partial charge on any atom is 0.270 e. The van der Waals surface area contributed by atoms with Gasteiger partial charge in [0.1, 0.15) is 0 Å². The Hall–Kier alpha value is -2.50. The minimum absolute atomic E-state index is 0.190. The molecule has 0 aliphatic carbocycles. The number of anilines is 1. The van der Waals surface area contributed by atoms with Crippen molar-refractivity contribution in [2.75, 3.05) is 5.32 Å². The van der Waals surface area contributed by atoms with Gasteiger partial charge >= 0.3 is 0 Å². The van der Waals surface area contributed by atoms with Gasteiger partial charge in [0.25, 0.3) is 11.9 Å². The van der Waals surface area contributed by atoms with Crippen molar-refractivity contribution in [3.63, 3.8) is 0 Å². The summed E-state index contributed by atoms with van der Waals surface area (Å²) in [6.45, 7) is 0. The van der Waals surface area contributed by atoms with Crippen molar-refractivity contribution in [3.05, 3.63) is 42.0 Å². The molecule has 0 radical (unpaired) electrons. The molecule has 86 valence electrons. The van der Waals surface area contributed by atoms with Crippen LogP contribution in [0, 0.1) is 0 Å². The number of hydrogen-bond acceptors (Lipinski definition) is 4. The van der Waals surface area contributed by atoms with Crippen LogP contribution in [0.25, 0.3) is 6.08 Å². The predicted octanol–water partition coefficient (Wildman–Crippen LogP) is 0.862. The van der Waals surface area contributed by atoms with Gasteiger partial charge in [0.05, 0.1) is 7.05 Å². The lowest BCUT2D eigenvalue weighted by molar-refractivity contribution is -0.111. The Bertz CT molecular complexity index is 532. The predicted molar refractivity (Wildman–Crippen MR) is 62.9 cm³/mol. The number of aryl methyl sites for hydroxylation is 1. The Balaban J connectivity index is 1.96. The van der Waals surface area contributed by atoms with Gasteiger partial charge < -0.3 is 0 Å². The largest absolute Gasteiger partial charge is 0.288 e. The van der Waals surface area contributed by atoms with E-state index in [9.17, 15) is 4.79 Å². The van der Waals surface area contributed by atoms with Gasteiger partial charge in [-0.3, -0.25) is 10.1 Å². The van der Waals surface area contributed by atoms with Crippen LogP contribution >= 0.6 is 0 Å². The van der Waals surface area contributed by atoms with Crippen molar-refractivity contribution in [3.8, 4) is 0 Å². The number of rotatable bonds is 3. The van der Waals surface area contributed by atoms with Crippen molar-refractivity contribution >= 4 is 17.9 Å². The first kappa shape index (κ1) is 11.0. The van der Waals surface area contributed by atoms with Crippen LogP contribution in [0.3, 0.4) is 0 Å². The standard InChI is InChI=1S/C11H11N5O/c1-16-14-11(13-15-16)12-10(17)8-7-9-5-3-2-4-6-9/h2-8H,1H3,(H,12,14,17). The van der Waals surface area contributed by atoms with Crippen LogP contribution in [0.5, 0.6) is 0 Å². The average Bonchev–Trinajstić information content (AvgIpc) is 2.73. The van der Waals surface area contributed by atoms with E-state index in [1.54, 1.807) is 13.1 Å². The quantitative estimate of drug-likeness (QED) is 0.792. The molecule has 1 aromatic heterocycles. The van der Waals surface area contributed by atoms with Crippen LogP contribution in [0.1, 0.15) is 5.56 Å². The number of nitrogens with zero attached hydrogens (tertiary/aromatic N) is 4. The summed E-state index contributed by atoms with van der Waals surface area (Å²) in [5, 5.41) is 13.6. The summed E-state index contributed by atoms with van der Waals surface area (Å²) in [6, 6.07) is 9.54. The molecule has 0 aliphatic rings. The number of tetrazole rings is 1. The maximum atomic E-state index is 11.5. The van der Waals surface area contributed by atoms with Gasteiger partial charge in [-0.1, -0.05) is 35.4 Å². The Kier molecular flexibility index (Phi) is 3.25. The molecule has 2 rings (SSSR count). The molecular weight excluding hydrogens is 218 g/mol. The van der Waals surface area contributed by atoms with E-state index in [-0.39, 0.29) is 11.9 Å². The molecule has 0 spiro atoms. The van der Waals surface area contributed by atoms with Gasteiger partial charge in [0.2, 0.25) is 0 Å². The van der Waals surface area contributed by atoms with Gasteiger partial charge in [-0.2, -0.15) is 4.80 Å². The molecule has 0 bridgehead atoms. The summed E-state index contributed by atoms with van der Waals surface area (Å²) in [6.07, 6.45) is 3.14. The lowest BCUT2D eigenvalue weighted by Gasteiger charge is -1.94. The van der Waals surface area contributed by atoms with E-state index in [1.165, 1.54) is 10.9 Å². The van der Waals surface area contributed by atoms with E-state index in [1.807, 2.05) is 30.3 Å². The average molecular weight is 229 g/mol. The second-order valence-corrected chi connectivity index (χ2v) is 3.34. The normalized spacial score (nSPS) is 10.6. The molecule has 6 heteroatoms. The smallest absolute Gasteiger partial charge is 0.270 e. The second kappa shape index (κ2) is 5.02. The second-order valence-electron chi connectivity index (χ2n) is 3.34. The van der Waals surface area contributed by atoms with E-state index in [4.69, 9.17) is 0 Å². The Morgan fingerprint density at radius 2 is 2.12 bits per heavy atom. The van der Waals surface area contributed by atoms with Crippen LogP contribution < -0.4 is 5.32 Å². The van der Waals surface area contributed by atoms with Crippen LogP contribution in [-0.2, 0) is 11.8 Å². The molecule has 0 aliphatic heterocycles. The fraction of sp³-hybridized carbons (Fsp3) is 0.0909. The van der Waals surface area contributed by atoms with Crippen molar-refractivity contribution in [2.45, 2.75) is 0 Å². The Labute approximate surface area is 98.0 Å². The minimum Gasteiger partial charge on any atom is -0.288 e. The van der Waals surface area contributed by atoms with Gasteiger partial charge in [0, 0.05) is 6.08 Å². The molecule has 1 N–H and O–H groups in total. The monoisotopic (exact) mass is 229 g/mol. The summed E-state index contributed by atoms with van der Waals surface area (Å²) in [5.74, 6) is -0.0999. The number of carbonyl (C=O) groups is 1. The molecule has 1 heterocycles. The fourth-order valence-corrected chi connectivity index (χ4v) is 1.22. The zero-order chi connectivity index (χ0) is 12.1. The van der Waals surface area contributed by atoms with Crippen LogP contribution in [0.4, 0.5) is 5.95 Å². The lowest BCUT2D eigenvalue weighted by atomic mass is 10.2. The van der Waals surface area contributed by atoms with Crippen LogP contribution in [-0.4, -0.2) is 26.1 Å². The van der Waals surface area contributed by atoms with Crippen molar-refractivity contribution in [1.82, 2.24) is 20.2 Å². The molecule has 0 saturated carbocycles. The van der Waals surface area contributed by atoms with Crippen LogP contribution in [0.2, 0.25) is 0 Å². The molecule has 0 unspecified atom stereocenters. The van der Waals surface area contributed by atoms with E-state index >= 15 is 0 Å². The van der Waals surface area contributed by atoms with Gasteiger partial charge in [-0.15, -0.1) is 5.10 Å². The Morgan fingerprint density at radius 3 is 2.76 bits per heavy atom. The number of nitrogens with one attached hydrogen (secondary N) is 1. The third kappa shape index (κ3) is 3.23. The van der Waals surface area contributed by atoms with Crippen LogP contribution in [0.15, 0.2) is 36.4 Å². The van der Waals surface area contributed by atoms with Gasteiger partial charge in [0.15, 0.2) is 0 Å². The summed E-state index contributed by atoms with van der Waals surface area (Å²) in [4.78, 5) is 12.8. The highest BCUT2D eigenvalue weighted by Gasteiger charge is 2.02. The number of amides is 1. The first-order chi connectivity index (χ1) is 8.24. The zero-order valence-electron chi connectivity index (χ0n) is 9.24. The number of benzene rings is 1. The minimum atomic E-state index is -0.290. The molecule has 2 aromatic rings. The molecular formula is C11H11N5O. The van der Waals surface area contributed by atoms with Crippen molar-refractivity contribution in [2.24, 2.45) is 7.05 Å². The molecule has 1 amide bonds. The fourth-order valence-electron chi connectivity index (χ4n) is 1.22. The first-order valence-corrected chi connectivity index (χ1v) is 5.02. The van der Waals surface area contributed by atoms with E-state index in [0.29, 0.717) is 0 Å². The van der Waals surface area contributed by atoms with E-state index in [0.717, 1.165) is 5.56 Å². The third-order valence-corrected chi connectivity index (χ3v) is 1.97. The van der Waals surface area contributed by atoms with E-state index in [2.05, 4.69) is 20.7 Å². The summed E-state index contributed by atoms with van der Waals surface area (Å²) < 4.78 is 0.